The number of allylic oxidation sites excluding steroid dienone is 1. The molecule has 0 amide bonds. The number of hydrogen-bond acceptors (Lipinski definition) is 3. The molecule has 26 heavy (non-hydrogen) atoms. The van der Waals surface area contributed by atoms with Gasteiger partial charge >= 0.3 is 0 Å². The third-order valence-electron chi connectivity index (χ3n) is 4.92. The standard InChI is InChI=1S/C21H16Br2O3/c22-13-10-8-12(9-11-13)20(25)21-18(14-4-1-2-5-15(14)23)19-16(24)6-3-7-17(19)26-21/h1-2,4-5,8-11,18,21H,3,6-7H2/t18-,21-/m1/s1. The number of carbonyl (C=O) groups excluding carboxylic acids is 2. The molecule has 0 saturated carbocycles. The molecule has 1 aliphatic heterocycles. The smallest absolute Gasteiger partial charge is 0.204 e. The number of Topliss-reactive ketones (excluding diaryl/α,β-unsaturated/α-hetero) is 2. The van der Waals surface area contributed by atoms with Gasteiger partial charge in [-0.25, -0.2) is 0 Å². The molecule has 0 N–H and O–H groups in total. The second-order valence-corrected chi connectivity index (χ2v) is 8.29. The van der Waals surface area contributed by atoms with Crippen molar-refractivity contribution in [3.63, 3.8) is 0 Å². The molecule has 132 valence electrons. The van der Waals surface area contributed by atoms with Gasteiger partial charge in [-0.05, 0) is 30.2 Å². The minimum Gasteiger partial charge on any atom is -0.485 e. The predicted molar refractivity (Wildman–Crippen MR) is 106 cm³/mol. The van der Waals surface area contributed by atoms with Gasteiger partial charge in [0.05, 0.1) is 5.92 Å². The van der Waals surface area contributed by atoms with Crippen molar-refractivity contribution in [2.75, 3.05) is 0 Å². The van der Waals surface area contributed by atoms with Gasteiger partial charge < -0.3 is 4.74 Å². The summed E-state index contributed by atoms with van der Waals surface area (Å²) in [6, 6.07) is 15.0. The maximum atomic E-state index is 13.2. The summed E-state index contributed by atoms with van der Waals surface area (Å²) < 4.78 is 7.88. The number of ketones is 2. The maximum absolute atomic E-state index is 13.2. The summed E-state index contributed by atoms with van der Waals surface area (Å²) in [4.78, 5) is 25.9. The largest absolute Gasteiger partial charge is 0.485 e. The second kappa shape index (κ2) is 7.12. The Kier molecular flexibility index (Phi) is 4.84. The SMILES string of the molecule is O=C1CCCC2=C1[C@@H](c1ccccc1Br)[C@H](C(=O)c1ccc(Br)cc1)O2. The van der Waals surface area contributed by atoms with E-state index in [0.717, 1.165) is 20.9 Å². The Bertz CT molecular complexity index is 915. The molecule has 1 aliphatic carbocycles. The molecule has 1 heterocycles. The Morgan fingerprint density at radius 2 is 1.73 bits per heavy atom. The maximum Gasteiger partial charge on any atom is 0.204 e. The molecule has 0 aromatic heterocycles. The van der Waals surface area contributed by atoms with Crippen molar-refractivity contribution in [3.8, 4) is 0 Å². The third-order valence-corrected chi connectivity index (χ3v) is 6.17. The lowest BCUT2D eigenvalue weighted by Crippen LogP contribution is -2.28. The molecule has 3 nitrogen and oxygen atoms in total. The zero-order valence-corrected chi connectivity index (χ0v) is 17.0. The monoisotopic (exact) mass is 474 g/mol. The van der Waals surface area contributed by atoms with Crippen LogP contribution in [0.3, 0.4) is 0 Å². The first-order chi connectivity index (χ1) is 12.6. The lowest BCUT2D eigenvalue weighted by Gasteiger charge is -2.21. The van der Waals surface area contributed by atoms with E-state index in [-0.39, 0.29) is 17.5 Å². The fourth-order valence-corrected chi connectivity index (χ4v) is 4.50. The first kappa shape index (κ1) is 17.7. The Morgan fingerprint density at radius 1 is 1.00 bits per heavy atom. The molecular formula is C21H16Br2O3. The predicted octanol–water partition coefficient (Wildman–Crippen LogP) is 5.58. The van der Waals surface area contributed by atoms with Crippen LogP contribution in [0.25, 0.3) is 0 Å². The van der Waals surface area contributed by atoms with Crippen molar-refractivity contribution in [1.29, 1.82) is 0 Å². The molecular weight excluding hydrogens is 460 g/mol. The lowest BCUT2D eigenvalue weighted by molar-refractivity contribution is -0.116. The van der Waals surface area contributed by atoms with Gasteiger partial charge in [0.25, 0.3) is 0 Å². The van der Waals surface area contributed by atoms with Crippen LogP contribution in [0.1, 0.15) is 41.1 Å². The summed E-state index contributed by atoms with van der Waals surface area (Å²) >= 11 is 6.97. The highest BCUT2D eigenvalue weighted by Crippen LogP contribution is 2.46. The van der Waals surface area contributed by atoms with E-state index in [4.69, 9.17) is 4.74 Å². The molecule has 0 unspecified atom stereocenters. The van der Waals surface area contributed by atoms with Gasteiger partial charge in [-0.2, -0.15) is 0 Å². The van der Waals surface area contributed by atoms with E-state index in [1.807, 2.05) is 36.4 Å². The van der Waals surface area contributed by atoms with Crippen LogP contribution >= 0.6 is 31.9 Å². The Balaban J connectivity index is 1.79. The van der Waals surface area contributed by atoms with Crippen LogP contribution in [0, 0.1) is 0 Å². The minimum atomic E-state index is -0.707. The zero-order valence-electron chi connectivity index (χ0n) is 13.9. The van der Waals surface area contributed by atoms with E-state index < -0.39 is 6.10 Å². The first-order valence-corrected chi connectivity index (χ1v) is 10.1. The van der Waals surface area contributed by atoms with Crippen LogP contribution in [0.4, 0.5) is 0 Å². The summed E-state index contributed by atoms with van der Waals surface area (Å²) in [6.45, 7) is 0. The van der Waals surface area contributed by atoms with Crippen LogP contribution in [0.5, 0.6) is 0 Å². The summed E-state index contributed by atoms with van der Waals surface area (Å²) in [5, 5.41) is 0. The Hall–Kier alpha value is -1.72. The highest BCUT2D eigenvalue weighted by Gasteiger charge is 2.46. The van der Waals surface area contributed by atoms with E-state index in [1.54, 1.807) is 12.1 Å². The second-order valence-electron chi connectivity index (χ2n) is 6.52. The number of carbonyl (C=O) groups is 2. The fourth-order valence-electron chi connectivity index (χ4n) is 3.71. The van der Waals surface area contributed by atoms with Crippen LogP contribution in [0.2, 0.25) is 0 Å². The number of halogens is 2. The van der Waals surface area contributed by atoms with Crippen molar-refractivity contribution in [2.24, 2.45) is 0 Å². The minimum absolute atomic E-state index is 0.0955. The van der Waals surface area contributed by atoms with E-state index >= 15 is 0 Å². The normalized spacial score (nSPS) is 22.2. The molecule has 0 saturated heterocycles. The van der Waals surface area contributed by atoms with Crippen LogP contribution < -0.4 is 0 Å². The van der Waals surface area contributed by atoms with Crippen molar-refractivity contribution < 1.29 is 14.3 Å². The molecule has 0 fully saturated rings. The molecule has 2 aliphatic rings. The van der Waals surface area contributed by atoms with Gasteiger partial charge in [0.15, 0.2) is 11.9 Å². The van der Waals surface area contributed by atoms with Crippen LogP contribution in [0.15, 0.2) is 68.8 Å². The summed E-state index contributed by atoms with van der Waals surface area (Å²) in [6.07, 6.45) is 1.30. The molecule has 0 radical (unpaired) electrons. The zero-order chi connectivity index (χ0) is 18.3. The average molecular weight is 476 g/mol. The van der Waals surface area contributed by atoms with Crippen LogP contribution in [-0.2, 0) is 9.53 Å². The third kappa shape index (κ3) is 3.08. The number of ether oxygens (including phenoxy) is 1. The summed E-state index contributed by atoms with van der Waals surface area (Å²) in [5.41, 5.74) is 2.18. The van der Waals surface area contributed by atoms with Gasteiger partial charge in [0.2, 0.25) is 5.78 Å². The van der Waals surface area contributed by atoms with E-state index in [1.165, 1.54) is 0 Å². The highest BCUT2D eigenvalue weighted by atomic mass is 79.9. The fraction of sp³-hybridized carbons (Fsp3) is 0.238. The topological polar surface area (TPSA) is 43.4 Å². The summed E-state index contributed by atoms with van der Waals surface area (Å²) in [7, 11) is 0. The molecule has 0 spiro atoms. The van der Waals surface area contributed by atoms with Gasteiger partial charge in [0, 0.05) is 32.9 Å². The quantitative estimate of drug-likeness (QED) is 0.544. The van der Waals surface area contributed by atoms with Crippen molar-refractivity contribution >= 4 is 43.4 Å². The van der Waals surface area contributed by atoms with Gasteiger partial charge in [-0.1, -0.05) is 62.2 Å². The van der Waals surface area contributed by atoms with E-state index in [0.29, 0.717) is 29.7 Å². The van der Waals surface area contributed by atoms with E-state index in [9.17, 15) is 9.59 Å². The first-order valence-electron chi connectivity index (χ1n) is 8.53. The van der Waals surface area contributed by atoms with Crippen molar-refractivity contribution in [1.82, 2.24) is 0 Å². The van der Waals surface area contributed by atoms with Gasteiger partial charge in [0.1, 0.15) is 5.76 Å². The molecule has 2 aromatic carbocycles. The molecule has 4 rings (SSSR count). The summed E-state index contributed by atoms with van der Waals surface area (Å²) in [5.74, 6) is 0.320. The van der Waals surface area contributed by atoms with E-state index in [2.05, 4.69) is 31.9 Å². The van der Waals surface area contributed by atoms with Gasteiger partial charge in [-0.15, -0.1) is 0 Å². The van der Waals surface area contributed by atoms with Crippen LogP contribution in [-0.4, -0.2) is 17.7 Å². The lowest BCUT2D eigenvalue weighted by atomic mass is 9.80. The average Bonchev–Trinajstić information content (AvgIpc) is 3.03. The number of rotatable bonds is 3. The molecule has 5 heteroatoms. The van der Waals surface area contributed by atoms with Gasteiger partial charge in [-0.3, -0.25) is 9.59 Å². The molecule has 0 bridgehead atoms. The highest BCUT2D eigenvalue weighted by molar-refractivity contribution is 9.10. The van der Waals surface area contributed by atoms with Crippen molar-refractivity contribution in [2.45, 2.75) is 31.3 Å². The Morgan fingerprint density at radius 3 is 2.46 bits per heavy atom. The molecule has 2 atom stereocenters. The Labute approximate surface area is 168 Å². The molecule has 2 aromatic rings. The number of hydrogen-bond donors (Lipinski definition) is 0. The number of benzene rings is 2. The van der Waals surface area contributed by atoms with Crippen molar-refractivity contribution in [3.05, 3.63) is 79.9 Å².